The first-order chi connectivity index (χ1) is 9.02. The number of nitrogens with zero attached hydrogens (tertiary/aromatic N) is 1. The summed E-state index contributed by atoms with van der Waals surface area (Å²) in [5.41, 5.74) is 0.0129. The van der Waals surface area contributed by atoms with Crippen LogP contribution in [0.4, 0.5) is 0 Å². The summed E-state index contributed by atoms with van der Waals surface area (Å²) >= 11 is 0. The first-order valence-electron chi connectivity index (χ1n) is 8.03. The van der Waals surface area contributed by atoms with E-state index in [1.807, 2.05) is 7.11 Å². The molecule has 2 atom stereocenters. The van der Waals surface area contributed by atoms with Gasteiger partial charge in [-0.15, -0.1) is 0 Å². The highest BCUT2D eigenvalue weighted by molar-refractivity contribution is 4.85. The average Bonchev–Trinajstić information content (AvgIpc) is 2.43. The van der Waals surface area contributed by atoms with Gasteiger partial charge >= 0.3 is 0 Å². The van der Waals surface area contributed by atoms with Crippen molar-refractivity contribution < 1.29 is 4.74 Å². The standard InChI is InChI=1S/C16H34N2O/c1-6-10-17-15-8-11-18(13-14(15)7-2)12-9-16(3,4)19-5/h14-15,17H,6-13H2,1-5H3. The highest BCUT2D eigenvalue weighted by Crippen LogP contribution is 2.22. The van der Waals surface area contributed by atoms with Crippen molar-refractivity contribution in [2.24, 2.45) is 5.92 Å². The fourth-order valence-electron chi connectivity index (χ4n) is 2.85. The normalized spacial score (nSPS) is 25.7. The minimum Gasteiger partial charge on any atom is -0.379 e. The van der Waals surface area contributed by atoms with Gasteiger partial charge < -0.3 is 15.0 Å². The maximum Gasteiger partial charge on any atom is 0.0634 e. The molecule has 0 aromatic heterocycles. The summed E-state index contributed by atoms with van der Waals surface area (Å²) in [6.07, 6.45) is 4.93. The first kappa shape index (κ1) is 16.9. The summed E-state index contributed by atoms with van der Waals surface area (Å²) in [5, 5.41) is 3.72. The lowest BCUT2D eigenvalue weighted by atomic mass is 9.89. The summed E-state index contributed by atoms with van der Waals surface area (Å²) < 4.78 is 5.52. The largest absolute Gasteiger partial charge is 0.379 e. The second-order valence-corrected chi connectivity index (χ2v) is 6.53. The van der Waals surface area contributed by atoms with E-state index < -0.39 is 0 Å². The number of likely N-dealkylation sites (tertiary alicyclic amines) is 1. The van der Waals surface area contributed by atoms with Gasteiger partial charge in [-0.3, -0.25) is 0 Å². The van der Waals surface area contributed by atoms with E-state index >= 15 is 0 Å². The summed E-state index contributed by atoms with van der Waals surface area (Å²) in [7, 11) is 1.82. The van der Waals surface area contributed by atoms with Gasteiger partial charge in [-0.25, -0.2) is 0 Å². The molecule has 3 heteroatoms. The molecule has 1 aliphatic heterocycles. The van der Waals surface area contributed by atoms with Crippen LogP contribution in [-0.2, 0) is 4.74 Å². The Hall–Kier alpha value is -0.120. The molecule has 0 spiro atoms. The molecule has 0 radical (unpaired) electrons. The van der Waals surface area contributed by atoms with Gasteiger partial charge in [0.25, 0.3) is 0 Å². The number of hydrogen-bond donors (Lipinski definition) is 1. The maximum absolute atomic E-state index is 5.52. The zero-order chi connectivity index (χ0) is 14.3. The monoisotopic (exact) mass is 270 g/mol. The van der Waals surface area contributed by atoms with E-state index in [-0.39, 0.29) is 5.60 Å². The van der Waals surface area contributed by atoms with Crippen molar-refractivity contribution >= 4 is 0 Å². The second-order valence-electron chi connectivity index (χ2n) is 6.53. The lowest BCUT2D eigenvalue weighted by Gasteiger charge is -2.40. The van der Waals surface area contributed by atoms with Crippen molar-refractivity contribution in [3.8, 4) is 0 Å². The number of ether oxygens (including phenoxy) is 1. The molecule has 1 N–H and O–H groups in total. The van der Waals surface area contributed by atoms with Crippen LogP contribution in [0.2, 0.25) is 0 Å². The molecule has 0 aliphatic carbocycles. The summed E-state index contributed by atoms with van der Waals surface area (Å²) in [6.45, 7) is 13.7. The van der Waals surface area contributed by atoms with E-state index in [4.69, 9.17) is 4.74 Å². The summed E-state index contributed by atoms with van der Waals surface area (Å²) in [5.74, 6) is 0.811. The minimum absolute atomic E-state index is 0.0129. The highest BCUT2D eigenvalue weighted by atomic mass is 16.5. The number of nitrogens with one attached hydrogen (secondary N) is 1. The Kier molecular flexibility index (Phi) is 7.33. The summed E-state index contributed by atoms with van der Waals surface area (Å²) in [6, 6.07) is 0.733. The zero-order valence-electron chi connectivity index (χ0n) is 13.7. The zero-order valence-corrected chi connectivity index (χ0v) is 13.7. The molecule has 114 valence electrons. The average molecular weight is 270 g/mol. The van der Waals surface area contributed by atoms with E-state index in [9.17, 15) is 0 Å². The van der Waals surface area contributed by atoms with Crippen LogP contribution in [0.25, 0.3) is 0 Å². The number of hydrogen-bond acceptors (Lipinski definition) is 3. The van der Waals surface area contributed by atoms with Gasteiger partial charge in [-0.2, -0.15) is 0 Å². The van der Waals surface area contributed by atoms with Gasteiger partial charge in [0.1, 0.15) is 0 Å². The third-order valence-electron chi connectivity index (χ3n) is 4.58. The van der Waals surface area contributed by atoms with Crippen molar-refractivity contribution in [1.29, 1.82) is 0 Å². The van der Waals surface area contributed by atoms with Crippen LogP contribution in [0.1, 0.15) is 53.4 Å². The predicted octanol–water partition coefficient (Wildman–Crippen LogP) is 2.90. The SMILES string of the molecule is CCCNC1CCN(CCC(C)(C)OC)CC1CC. The van der Waals surface area contributed by atoms with Crippen molar-refractivity contribution in [2.75, 3.05) is 33.3 Å². The Morgan fingerprint density at radius 1 is 1.32 bits per heavy atom. The maximum atomic E-state index is 5.52. The molecule has 19 heavy (non-hydrogen) atoms. The lowest BCUT2D eigenvalue weighted by Crippen LogP contribution is -2.50. The molecule has 3 nitrogen and oxygen atoms in total. The van der Waals surface area contributed by atoms with Gasteiger partial charge in [0.2, 0.25) is 0 Å². The fourth-order valence-corrected chi connectivity index (χ4v) is 2.85. The third kappa shape index (κ3) is 5.80. The quantitative estimate of drug-likeness (QED) is 0.734. The Labute approximate surface area is 120 Å². The van der Waals surface area contributed by atoms with Crippen LogP contribution in [0, 0.1) is 5.92 Å². The molecule has 1 aliphatic rings. The van der Waals surface area contributed by atoms with Crippen molar-refractivity contribution in [1.82, 2.24) is 10.2 Å². The Morgan fingerprint density at radius 2 is 2.05 bits per heavy atom. The molecule has 1 heterocycles. The molecule has 0 bridgehead atoms. The van der Waals surface area contributed by atoms with Crippen LogP contribution < -0.4 is 5.32 Å². The Balaban J connectivity index is 2.37. The molecule has 0 saturated carbocycles. The van der Waals surface area contributed by atoms with Crippen molar-refractivity contribution in [3.05, 3.63) is 0 Å². The smallest absolute Gasteiger partial charge is 0.0634 e. The summed E-state index contributed by atoms with van der Waals surface area (Å²) in [4.78, 5) is 2.62. The molecule has 0 aromatic rings. The van der Waals surface area contributed by atoms with Gasteiger partial charge in [0, 0.05) is 26.2 Å². The van der Waals surface area contributed by atoms with Crippen LogP contribution in [0.15, 0.2) is 0 Å². The Morgan fingerprint density at radius 3 is 2.63 bits per heavy atom. The number of methoxy groups -OCH3 is 1. The molecule has 0 aromatic carbocycles. The molecule has 2 unspecified atom stereocenters. The molecule has 1 fully saturated rings. The lowest BCUT2D eigenvalue weighted by molar-refractivity contribution is 0.00256. The van der Waals surface area contributed by atoms with Crippen LogP contribution >= 0.6 is 0 Å². The van der Waals surface area contributed by atoms with Gasteiger partial charge in [0.05, 0.1) is 5.60 Å². The van der Waals surface area contributed by atoms with Gasteiger partial charge in [-0.1, -0.05) is 20.3 Å². The molecular weight excluding hydrogens is 236 g/mol. The van der Waals surface area contributed by atoms with Crippen molar-refractivity contribution in [2.45, 2.75) is 65.0 Å². The fraction of sp³-hybridized carbons (Fsp3) is 1.00. The van der Waals surface area contributed by atoms with Gasteiger partial charge in [-0.05, 0) is 52.1 Å². The van der Waals surface area contributed by atoms with Crippen LogP contribution in [-0.4, -0.2) is 49.8 Å². The molecule has 1 saturated heterocycles. The molecular formula is C16H34N2O. The van der Waals surface area contributed by atoms with E-state index in [0.717, 1.165) is 31.5 Å². The Bertz CT molecular complexity index is 243. The number of piperidine rings is 1. The van der Waals surface area contributed by atoms with Crippen LogP contribution in [0.5, 0.6) is 0 Å². The van der Waals surface area contributed by atoms with E-state index in [1.54, 1.807) is 0 Å². The molecule has 1 rings (SSSR count). The number of rotatable bonds is 8. The topological polar surface area (TPSA) is 24.5 Å². The minimum atomic E-state index is 0.0129. The van der Waals surface area contributed by atoms with Gasteiger partial charge in [0.15, 0.2) is 0 Å². The predicted molar refractivity (Wildman–Crippen MR) is 82.6 cm³/mol. The second kappa shape index (κ2) is 8.23. The van der Waals surface area contributed by atoms with E-state index in [2.05, 4.69) is 37.9 Å². The third-order valence-corrected chi connectivity index (χ3v) is 4.58. The first-order valence-corrected chi connectivity index (χ1v) is 8.03. The van der Waals surface area contributed by atoms with Crippen LogP contribution in [0.3, 0.4) is 0 Å². The molecule has 0 amide bonds. The van der Waals surface area contributed by atoms with Crippen molar-refractivity contribution in [3.63, 3.8) is 0 Å². The highest BCUT2D eigenvalue weighted by Gasteiger charge is 2.28. The van der Waals surface area contributed by atoms with E-state index in [0.29, 0.717) is 0 Å². The van der Waals surface area contributed by atoms with E-state index in [1.165, 1.54) is 32.4 Å².